The Balaban J connectivity index is 3.31. The second kappa shape index (κ2) is 4.28. The van der Waals surface area contributed by atoms with E-state index in [4.69, 9.17) is 5.73 Å². The molecule has 0 spiro atoms. The first kappa shape index (κ1) is 10.8. The van der Waals surface area contributed by atoms with Crippen molar-refractivity contribution in [2.24, 2.45) is 5.73 Å². The zero-order valence-electron chi connectivity index (χ0n) is 8.53. The number of nitrogens with two attached hydrogens (primary N) is 1. The Morgan fingerprint density at radius 1 is 1.64 bits per heavy atom. The second-order valence-electron chi connectivity index (χ2n) is 3.32. The fraction of sp³-hybridized carbons (Fsp3) is 0.500. The maximum atomic E-state index is 11.2. The lowest BCUT2D eigenvalue weighted by atomic mass is 10.2. The largest absolute Gasteiger partial charge is 0.503 e. The molecule has 1 aromatic rings. The van der Waals surface area contributed by atoms with E-state index in [1.165, 1.54) is 6.07 Å². The van der Waals surface area contributed by atoms with Crippen molar-refractivity contribution in [3.05, 3.63) is 28.2 Å². The van der Waals surface area contributed by atoms with Crippen LogP contribution in [0.1, 0.15) is 25.6 Å². The third-order valence-corrected chi connectivity index (χ3v) is 2.36. The lowest BCUT2D eigenvalue weighted by molar-refractivity contribution is 0.437. The lowest BCUT2D eigenvalue weighted by Gasteiger charge is -2.18. The summed E-state index contributed by atoms with van der Waals surface area (Å²) >= 11 is 0. The highest BCUT2D eigenvalue weighted by Crippen LogP contribution is 2.16. The normalized spacial score (nSPS) is 12.8. The van der Waals surface area contributed by atoms with Crippen molar-refractivity contribution in [2.75, 3.05) is 6.54 Å². The van der Waals surface area contributed by atoms with Gasteiger partial charge in [-0.15, -0.1) is 0 Å². The number of hydrogen-bond acceptors (Lipinski definition) is 3. The van der Waals surface area contributed by atoms with Crippen LogP contribution in [0.2, 0.25) is 0 Å². The van der Waals surface area contributed by atoms with Gasteiger partial charge in [-0.25, -0.2) is 0 Å². The average molecular weight is 196 g/mol. The first-order valence-corrected chi connectivity index (χ1v) is 4.74. The molecule has 0 saturated heterocycles. The zero-order chi connectivity index (χ0) is 10.7. The van der Waals surface area contributed by atoms with E-state index in [2.05, 4.69) is 0 Å². The molecule has 78 valence electrons. The van der Waals surface area contributed by atoms with E-state index >= 15 is 0 Å². The highest BCUT2D eigenvalue weighted by molar-refractivity contribution is 5.27. The van der Waals surface area contributed by atoms with Crippen LogP contribution < -0.4 is 11.2 Å². The minimum Gasteiger partial charge on any atom is -0.503 e. The van der Waals surface area contributed by atoms with Crippen molar-refractivity contribution in [1.82, 2.24) is 4.57 Å². The molecule has 1 aromatic heterocycles. The molecule has 0 aromatic carbocycles. The molecule has 1 rings (SSSR count). The van der Waals surface area contributed by atoms with Crippen LogP contribution >= 0.6 is 0 Å². The van der Waals surface area contributed by atoms with Crippen molar-refractivity contribution in [1.29, 1.82) is 0 Å². The van der Waals surface area contributed by atoms with Crippen molar-refractivity contribution in [3.8, 4) is 5.75 Å². The molecule has 0 aliphatic rings. The second-order valence-corrected chi connectivity index (χ2v) is 3.32. The molecule has 0 amide bonds. The predicted molar refractivity (Wildman–Crippen MR) is 55.5 cm³/mol. The van der Waals surface area contributed by atoms with Gasteiger partial charge >= 0.3 is 0 Å². The summed E-state index contributed by atoms with van der Waals surface area (Å²) in [6, 6.07) is 1.46. The zero-order valence-corrected chi connectivity index (χ0v) is 8.53. The lowest BCUT2D eigenvalue weighted by Crippen LogP contribution is -2.21. The minimum absolute atomic E-state index is 0.0939. The van der Waals surface area contributed by atoms with E-state index in [0.717, 1.165) is 0 Å². The smallest absolute Gasteiger partial charge is 0.223 e. The molecule has 4 nitrogen and oxygen atoms in total. The summed E-state index contributed by atoms with van der Waals surface area (Å²) in [5.41, 5.74) is 5.85. The average Bonchev–Trinajstić information content (AvgIpc) is 2.20. The van der Waals surface area contributed by atoms with Crippen molar-refractivity contribution >= 4 is 0 Å². The highest BCUT2D eigenvalue weighted by atomic mass is 16.3. The van der Waals surface area contributed by atoms with Crippen molar-refractivity contribution < 1.29 is 5.11 Å². The molecule has 14 heavy (non-hydrogen) atoms. The highest BCUT2D eigenvalue weighted by Gasteiger charge is 2.11. The van der Waals surface area contributed by atoms with Gasteiger partial charge in [0.05, 0.1) is 5.69 Å². The van der Waals surface area contributed by atoms with Crippen LogP contribution in [-0.2, 0) is 6.42 Å². The molecule has 1 unspecified atom stereocenters. The topological polar surface area (TPSA) is 68.2 Å². The molecule has 4 heteroatoms. The number of aromatic nitrogens is 1. The summed E-state index contributed by atoms with van der Waals surface area (Å²) in [6.45, 7) is 4.33. The molecular formula is C10H16N2O2. The van der Waals surface area contributed by atoms with Crippen LogP contribution in [-0.4, -0.2) is 16.2 Å². The van der Waals surface area contributed by atoms with Crippen molar-refractivity contribution in [3.63, 3.8) is 0 Å². The number of aromatic hydroxyl groups is 1. The first-order chi connectivity index (χ1) is 6.61. The third kappa shape index (κ3) is 1.80. The maximum Gasteiger partial charge on any atom is 0.223 e. The number of rotatable bonds is 3. The fourth-order valence-electron chi connectivity index (χ4n) is 1.46. The van der Waals surface area contributed by atoms with E-state index < -0.39 is 0 Å². The monoisotopic (exact) mass is 196 g/mol. The van der Waals surface area contributed by atoms with E-state index in [-0.39, 0.29) is 17.2 Å². The molecular weight excluding hydrogens is 180 g/mol. The van der Waals surface area contributed by atoms with Gasteiger partial charge in [-0.2, -0.15) is 0 Å². The van der Waals surface area contributed by atoms with E-state index in [1.54, 1.807) is 6.20 Å². The summed E-state index contributed by atoms with van der Waals surface area (Å²) in [5, 5.41) is 9.55. The molecule has 3 N–H and O–H groups in total. The van der Waals surface area contributed by atoms with Gasteiger partial charge in [0.15, 0.2) is 5.75 Å². The summed E-state index contributed by atoms with van der Waals surface area (Å²) in [6.07, 6.45) is 2.30. The maximum absolute atomic E-state index is 11.2. The van der Waals surface area contributed by atoms with Gasteiger partial charge in [-0.1, -0.05) is 6.92 Å². The van der Waals surface area contributed by atoms with Gasteiger partial charge < -0.3 is 15.4 Å². The summed E-state index contributed by atoms with van der Waals surface area (Å²) in [4.78, 5) is 11.2. The van der Waals surface area contributed by atoms with Gasteiger partial charge in [0.2, 0.25) is 5.43 Å². The van der Waals surface area contributed by atoms with Crippen LogP contribution in [0, 0.1) is 0 Å². The number of nitrogens with zero attached hydrogens (tertiary/aromatic N) is 1. The summed E-state index contributed by atoms with van der Waals surface area (Å²) in [7, 11) is 0. The Labute approximate surface area is 83.0 Å². The Morgan fingerprint density at radius 3 is 2.79 bits per heavy atom. The third-order valence-electron chi connectivity index (χ3n) is 2.36. The van der Waals surface area contributed by atoms with E-state index in [9.17, 15) is 9.90 Å². The van der Waals surface area contributed by atoms with Gasteiger partial charge in [0, 0.05) is 24.8 Å². The molecule has 0 aliphatic heterocycles. The quantitative estimate of drug-likeness (QED) is 0.745. The molecule has 0 bridgehead atoms. The van der Waals surface area contributed by atoms with Gasteiger partial charge in [0.1, 0.15) is 0 Å². The van der Waals surface area contributed by atoms with E-state index in [0.29, 0.717) is 18.7 Å². The predicted octanol–water partition coefficient (Wildman–Crippen LogP) is 0.636. The first-order valence-electron chi connectivity index (χ1n) is 4.74. The summed E-state index contributed by atoms with van der Waals surface area (Å²) in [5.74, 6) is -0.157. The van der Waals surface area contributed by atoms with Crippen molar-refractivity contribution in [2.45, 2.75) is 26.3 Å². The molecule has 0 saturated carbocycles. The van der Waals surface area contributed by atoms with Crippen LogP contribution in [0.15, 0.2) is 17.1 Å². The Morgan fingerprint density at radius 2 is 2.29 bits per heavy atom. The molecule has 0 fully saturated rings. The number of hydrogen-bond donors (Lipinski definition) is 2. The Bertz CT molecular complexity index is 371. The van der Waals surface area contributed by atoms with Gasteiger partial charge in [-0.3, -0.25) is 4.79 Å². The van der Waals surface area contributed by atoms with E-state index in [1.807, 2.05) is 18.4 Å². The SMILES string of the molecule is CCc1c(O)c(=O)ccn1C(C)CN. The molecule has 0 radical (unpaired) electrons. The molecule has 0 aliphatic carbocycles. The summed E-state index contributed by atoms with van der Waals surface area (Å²) < 4.78 is 1.84. The molecule has 1 heterocycles. The standard InChI is InChI=1S/C10H16N2O2/c1-3-8-10(14)9(13)4-5-12(8)7(2)6-11/h4-5,7,14H,3,6,11H2,1-2H3. The van der Waals surface area contributed by atoms with Gasteiger partial charge in [-0.05, 0) is 13.3 Å². The van der Waals surface area contributed by atoms with Crippen LogP contribution in [0.4, 0.5) is 0 Å². The number of pyridine rings is 1. The Kier molecular flexibility index (Phi) is 3.30. The Hall–Kier alpha value is -1.29. The van der Waals surface area contributed by atoms with Gasteiger partial charge in [0.25, 0.3) is 0 Å². The molecule has 1 atom stereocenters. The minimum atomic E-state index is -0.331. The van der Waals surface area contributed by atoms with Crippen LogP contribution in [0.3, 0.4) is 0 Å². The van der Waals surface area contributed by atoms with Crippen LogP contribution in [0.5, 0.6) is 5.75 Å². The van der Waals surface area contributed by atoms with Crippen LogP contribution in [0.25, 0.3) is 0 Å². The fourth-order valence-corrected chi connectivity index (χ4v) is 1.46.